The summed E-state index contributed by atoms with van der Waals surface area (Å²) in [5.41, 5.74) is -0.855. The fourth-order valence-electron chi connectivity index (χ4n) is 2.40. The lowest BCUT2D eigenvalue weighted by atomic mass is 9.95. The van der Waals surface area contributed by atoms with Crippen molar-refractivity contribution in [3.63, 3.8) is 0 Å². The number of carboxylic acids is 1. The summed E-state index contributed by atoms with van der Waals surface area (Å²) in [6.07, 6.45) is 1.41. The summed E-state index contributed by atoms with van der Waals surface area (Å²) in [6, 6.07) is 0.292. The van der Waals surface area contributed by atoms with Crippen LogP contribution in [0.4, 0.5) is 0 Å². The van der Waals surface area contributed by atoms with Crippen LogP contribution in [0, 0.1) is 0 Å². The van der Waals surface area contributed by atoms with Gasteiger partial charge >= 0.3 is 5.97 Å². The zero-order chi connectivity index (χ0) is 16.3. The minimum Gasteiger partial charge on any atom is -0.480 e. The highest BCUT2D eigenvalue weighted by Gasteiger charge is 2.31. The Kier molecular flexibility index (Phi) is 10.6. The highest BCUT2D eigenvalue weighted by molar-refractivity contribution is 5.78. The largest absolute Gasteiger partial charge is 0.480 e. The first-order chi connectivity index (χ1) is 9.91. The Hall–Kier alpha value is -0.690. The number of hydrogen-bond acceptors (Lipinski definition) is 5. The van der Waals surface area contributed by atoms with Crippen LogP contribution in [0.25, 0.3) is 0 Å². The molecule has 6 nitrogen and oxygen atoms in total. The molecule has 0 saturated carbocycles. The topological polar surface area (TPSA) is 71.0 Å². The van der Waals surface area contributed by atoms with Gasteiger partial charge < -0.3 is 19.9 Å². The molecule has 0 aromatic rings. The molecule has 6 heteroatoms. The number of carboxylic acid groups (broad SMARTS) is 1. The SMILES string of the molecule is CCNC(C)(CCCN(CCOC)C(C)COC)C(=O)O. The molecule has 0 aliphatic heterocycles. The number of aliphatic carboxylic acids is 1. The predicted octanol–water partition coefficient (Wildman–Crippen LogP) is 1.20. The van der Waals surface area contributed by atoms with Crippen molar-refractivity contribution in [3.8, 4) is 0 Å². The van der Waals surface area contributed by atoms with E-state index in [1.54, 1.807) is 21.1 Å². The monoisotopic (exact) mass is 304 g/mol. The summed E-state index contributed by atoms with van der Waals surface area (Å²) < 4.78 is 10.3. The lowest BCUT2D eigenvalue weighted by molar-refractivity contribution is -0.144. The Labute approximate surface area is 128 Å². The van der Waals surface area contributed by atoms with Crippen LogP contribution in [0.5, 0.6) is 0 Å². The van der Waals surface area contributed by atoms with E-state index in [1.807, 2.05) is 6.92 Å². The lowest BCUT2D eigenvalue weighted by Crippen LogP contribution is -2.50. The van der Waals surface area contributed by atoms with Crippen LogP contribution in [0.2, 0.25) is 0 Å². The average Bonchev–Trinajstić information content (AvgIpc) is 2.42. The lowest BCUT2D eigenvalue weighted by Gasteiger charge is -2.31. The fourth-order valence-corrected chi connectivity index (χ4v) is 2.40. The number of nitrogens with zero attached hydrogens (tertiary/aromatic N) is 1. The third-order valence-corrected chi connectivity index (χ3v) is 3.77. The van der Waals surface area contributed by atoms with Crippen molar-refractivity contribution >= 4 is 5.97 Å². The smallest absolute Gasteiger partial charge is 0.323 e. The predicted molar refractivity (Wildman–Crippen MR) is 83.7 cm³/mol. The fraction of sp³-hybridized carbons (Fsp3) is 0.933. The maximum absolute atomic E-state index is 11.4. The van der Waals surface area contributed by atoms with Crippen molar-refractivity contribution in [2.24, 2.45) is 0 Å². The van der Waals surface area contributed by atoms with E-state index in [-0.39, 0.29) is 0 Å². The highest BCUT2D eigenvalue weighted by Crippen LogP contribution is 2.14. The first kappa shape index (κ1) is 20.3. The van der Waals surface area contributed by atoms with Gasteiger partial charge in [0.05, 0.1) is 13.2 Å². The van der Waals surface area contributed by atoms with Gasteiger partial charge in [0.25, 0.3) is 0 Å². The van der Waals surface area contributed by atoms with Gasteiger partial charge in [0, 0.05) is 26.8 Å². The molecule has 21 heavy (non-hydrogen) atoms. The van der Waals surface area contributed by atoms with E-state index in [9.17, 15) is 9.90 Å². The van der Waals surface area contributed by atoms with Gasteiger partial charge in [-0.05, 0) is 39.8 Å². The van der Waals surface area contributed by atoms with Gasteiger partial charge in [0.1, 0.15) is 5.54 Å². The Morgan fingerprint density at radius 1 is 1.33 bits per heavy atom. The molecule has 0 heterocycles. The summed E-state index contributed by atoms with van der Waals surface area (Å²) >= 11 is 0. The molecule has 2 N–H and O–H groups in total. The van der Waals surface area contributed by atoms with Crippen LogP contribution >= 0.6 is 0 Å². The summed E-state index contributed by atoms with van der Waals surface area (Å²) in [6.45, 7) is 9.42. The molecule has 0 aromatic heterocycles. The number of methoxy groups -OCH3 is 2. The maximum atomic E-state index is 11.4. The van der Waals surface area contributed by atoms with Crippen LogP contribution in [0.1, 0.15) is 33.6 Å². The molecular formula is C15H32N2O4. The molecule has 126 valence electrons. The second-order valence-electron chi connectivity index (χ2n) is 5.60. The third-order valence-electron chi connectivity index (χ3n) is 3.77. The second kappa shape index (κ2) is 11.0. The molecule has 0 aliphatic rings. The number of hydrogen-bond donors (Lipinski definition) is 2. The van der Waals surface area contributed by atoms with E-state index in [1.165, 1.54) is 0 Å². The number of nitrogens with one attached hydrogen (secondary N) is 1. The average molecular weight is 304 g/mol. The van der Waals surface area contributed by atoms with Crippen LogP contribution in [0.15, 0.2) is 0 Å². The molecule has 0 spiro atoms. The molecule has 0 rings (SSSR count). The summed E-state index contributed by atoms with van der Waals surface area (Å²) in [5, 5.41) is 12.4. The zero-order valence-corrected chi connectivity index (χ0v) is 14.1. The number of rotatable bonds is 13. The van der Waals surface area contributed by atoms with Crippen molar-refractivity contribution < 1.29 is 19.4 Å². The zero-order valence-electron chi connectivity index (χ0n) is 14.1. The summed E-state index contributed by atoms with van der Waals surface area (Å²) in [7, 11) is 3.38. The first-order valence-electron chi connectivity index (χ1n) is 7.61. The Balaban J connectivity index is 4.41. The van der Waals surface area contributed by atoms with Crippen molar-refractivity contribution in [1.29, 1.82) is 0 Å². The second-order valence-corrected chi connectivity index (χ2v) is 5.60. The van der Waals surface area contributed by atoms with Crippen LogP contribution in [0.3, 0.4) is 0 Å². The minimum atomic E-state index is -0.855. The molecule has 0 aliphatic carbocycles. The van der Waals surface area contributed by atoms with E-state index in [0.717, 1.165) is 19.5 Å². The molecule has 0 saturated heterocycles. The highest BCUT2D eigenvalue weighted by atomic mass is 16.5. The van der Waals surface area contributed by atoms with E-state index < -0.39 is 11.5 Å². The molecule has 0 bridgehead atoms. The van der Waals surface area contributed by atoms with Crippen molar-refractivity contribution in [3.05, 3.63) is 0 Å². The van der Waals surface area contributed by atoms with Gasteiger partial charge in [-0.2, -0.15) is 0 Å². The molecule has 0 amide bonds. The van der Waals surface area contributed by atoms with Gasteiger partial charge in [-0.3, -0.25) is 9.69 Å². The summed E-state index contributed by atoms with van der Waals surface area (Å²) in [4.78, 5) is 13.7. The number of ether oxygens (including phenoxy) is 2. The van der Waals surface area contributed by atoms with Gasteiger partial charge in [-0.1, -0.05) is 6.92 Å². The van der Waals surface area contributed by atoms with Crippen molar-refractivity contribution in [2.45, 2.75) is 45.2 Å². The summed E-state index contributed by atoms with van der Waals surface area (Å²) in [5.74, 6) is -0.794. The third kappa shape index (κ3) is 7.76. The Morgan fingerprint density at radius 2 is 2.00 bits per heavy atom. The molecule has 2 unspecified atom stereocenters. The van der Waals surface area contributed by atoms with Crippen LogP contribution < -0.4 is 5.32 Å². The Morgan fingerprint density at radius 3 is 2.48 bits per heavy atom. The molecular weight excluding hydrogens is 272 g/mol. The maximum Gasteiger partial charge on any atom is 0.323 e. The normalized spacial score (nSPS) is 15.9. The molecule has 0 radical (unpaired) electrons. The van der Waals surface area contributed by atoms with Crippen molar-refractivity contribution in [2.75, 3.05) is 47.1 Å². The molecule has 0 aromatic carbocycles. The van der Waals surface area contributed by atoms with Crippen LogP contribution in [-0.2, 0) is 14.3 Å². The quantitative estimate of drug-likeness (QED) is 0.533. The van der Waals surface area contributed by atoms with Gasteiger partial charge in [0.15, 0.2) is 0 Å². The van der Waals surface area contributed by atoms with Gasteiger partial charge in [0.2, 0.25) is 0 Å². The van der Waals surface area contributed by atoms with E-state index >= 15 is 0 Å². The van der Waals surface area contributed by atoms with E-state index in [4.69, 9.17) is 9.47 Å². The van der Waals surface area contributed by atoms with E-state index in [0.29, 0.717) is 32.2 Å². The standard InChI is InChI=1S/C15H32N2O4/c1-6-16-15(3,14(18)19)8-7-9-17(10-11-20-4)13(2)12-21-5/h13,16H,6-12H2,1-5H3,(H,18,19). The number of carbonyl (C=O) groups is 1. The minimum absolute atomic E-state index is 0.292. The molecule has 0 fully saturated rings. The molecule has 2 atom stereocenters. The van der Waals surface area contributed by atoms with E-state index in [2.05, 4.69) is 17.1 Å². The van der Waals surface area contributed by atoms with Gasteiger partial charge in [-0.15, -0.1) is 0 Å². The Bertz CT molecular complexity index is 289. The van der Waals surface area contributed by atoms with Crippen molar-refractivity contribution in [1.82, 2.24) is 10.2 Å². The van der Waals surface area contributed by atoms with Crippen LogP contribution in [-0.4, -0.2) is 74.6 Å². The first-order valence-corrected chi connectivity index (χ1v) is 7.61. The number of likely N-dealkylation sites (N-methyl/N-ethyl adjacent to an activating group) is 1. The van der Waals surface area contributed by atoms with Gasteiger partial charge in [-0.25, -0.2) is 0 Å².